The van der Waals surface area contributed by atoms with Gasteiger partial charge in [0.25, 0.3) is 0 Å². The lowest BCUT2D eigenvalue weighted by Crippen LogP contribution is -2.38. The minimum atomic E-state index is 0.509. The molecule has 0 saturated carbocycles. The molecule has 102 valence electrons. The minimum Gasteiger partial charge on any atom is -0.450 e. The largest absolute Gasteiger partial charge is 0.450 e. The van der Waals surface area contributed by atoms with Gasteiger partial charge in [-0.2, -0.15) is 0 Å². The molecule has 1 aliphatic rings. The highest BCUT2D eigenvalue weighted by Crippen LogP contribution is 2.34. The van der Waals surface area contributed by atoms with E-state index in [-0.39, 0.29) is 0 Å². The molecule has 4 heteroatoms. The quantitative estimate of drug-likeness (QED) is 0.673. The normalized spacial score (nSPS) is 19.9. The van der Waals surface area contributed by atoms with Gasteiger partial charge >= 0.3 is 0 Å². The first-order chi connectivity index (χ1) is 9.84. The summed E-state index contributed by atoms with van der Waals surface area (Å²) in [6.07, 6.45) is 5.38. The van der Waals surface area contributed by atoms with Gasteiger partial charge < -0.3 is 9.32 Å². The monoisotopic (exact) mass is 267 g/mol. The highest BCUT2D eigenvalue weighted by Gasteiger charge is 2.24. The maximum Gasteiger partial charge on any atom is 0.196 e. The van der Waals surface area contributed by atoms with Gasteiger partial charge in [0.2, 0.25) is 0 Å². The Kier molecular flexibility index (Phi) is 2.62. The lowest BCUT2D eigenvalue weighted by atomic mass is 10.0. The van der Waals surface area contributed by atoms with E-state index in [4.69, 9.17) is 4.42 Å². The summed E-state index contributed by atoms with van der Waals surface area (Å²) in [6, 6.07) is 8.55. The van der Waals surface area contributed by atoms with Crippen LogP contribution in [0.25, 0.3) is 22.1 Å². The molecular weight excluding hydrogens is 250 g/mol. The summed E-state index contributed by atoms with van der Waals surface area (Å²) in [5, 5.41) is 1.07. The molecule has 3 heterocycles. The number of rotatable bonds is 1. The zero-order chi connectivity index (χ0) is 13.5. The number of nitrogens with zero attached hydrogens (tertiary/aromatic N) is 3. The molecule has 4 nitrogen and oxygen atoms in total. The first-order valence-corrected chi connectivity index (χ1v) is 7.23. The Morgan fingerprint density at radius 2 is 2.10 bits per heavy atom. The third kappa shape index (κ3) is 1.68. The van der Waals surface area contributed by atoms with E-state index in [0.29, 0.717) is 6.04 Å². The van der Waals surface area contributed by atoms with Gasteiger partial charge in [-0.05, 0) is 38.3 Å². The van der Waals surface area contributed by atoms with Crippen LogP contribution in [0, 0.1) is 0 Å². The number of benzene rings is 1. The number of anilines is 1. The molecule has 3 aromatic rings. The Balaban J connectivity index is 1.95. The van der Waals surface area contributed by atoms with Crippen molar-refractivity contribution in [1.29, 1.82) is 0 Å². The van der Waals surface area contributed by atoms with Crippen LogP contribution in [0.4, 0.5) is 5.82 Å². The molecule has 1 aliphatic heterocycles. The molecule has 20 heavy (non-hydrogen) atoms. The van der Waals surface area contributed by atoms with E-state index >= 15 is 0 Å². The van der Waals surface area contributed by atoms with Crippen molar-refractivity contribution < 1.29 is 4.42 Å². The highest BCUT2D eigenvalue weighted by molar-refractivity contribution is 6.05. The van der Waals surface area contributed by atoms with E-state index in [1.54, 1.807) is 6.33 Å². The zero-order valence-corrected chi connectivity index (χ0v) is 11.5. The Hall–Kier alpha value is -2.10. The minimum absolute atomic E-state index is 0.509. The van der Waals surface area contributed by atoms with Crippen molar-refractivity contribution in [3.05, 3.63) is 30.6 Å². The summed E-state index contributed by atoms with van der Waals surface area (Å²) in [5.74, 6) is 0.943. The average Bonchev–Trinajstić information content (AvgIpc) is 2.86. The smallest absolute Gasteiger partial charge is 0.196 e. The highest BCUT2D eigenvalue weighted by atomic mass is 16.3. The number of hydrogen-bond acceptors (Lipinski definition) is 4. The van der Waals surface area contributed by atoms with Crippen LogP contribution < -0.4 is 4.90 Å². The molecule has 0 N–H and O–H groups in total. The van der Waals surface area contributed by atoms with Gasteiger partial charge in [-0.1, -0.05) is 12.1 Å². The number of furan rings is 1. The van der Waals surface area contributed by atoms with E-state index in [1.165, 1.54) is 19.3 Å². The van der Waals surface area contributed by atoms with Gasteiger partial charge in [0.05, 0.1) is 0 Å². The standard InChI is InChI=1S/C16H17N3O/c1-11-6-4-5-9-19(11)16-15-14(17-10-18-16)12-7-2-3-8-13(12)20-15/h2-3,7-8,10-11H,4-6,9H2,1H3. The van der Waals surface area contributed by atoms with E-state index in [0.717, 1.165) is 34.4 Å². The second-order valence-electron chi connectivity index (χ2n) is 5.51. The first kappa shape index (κ1) is 11.7. The lowest BCUT2D eigenvalue weighted by molar-refractivity contribution is 0.479. The fourth-order valence-corrected chi connectivity index (χ4v) is 3.13. The maximum absolute atomic E-state index is 6.02. The molecule has 0 aliphatic carbocycles. The van der Waals surface area contributed by atoms with Crippen LogP contribution in [0.5, 0.6) is 0 Å². The summed E-state index contributed by atoms with van der Waals surface area (Å²) in [4.78, 5) is 11.3. The van der Waals surface area contributed by atoms with Gasteiger partial charge in [0.1, 0.15) is 17.4 Å². The Labute approximate surface area is 117 Å². The average molecular weight is 267 g/mol. The fraction of sp³-hybridized carbons (Fsp3) is 0.375. The fourth-order valence-electron chi connectivity index (χ4n) is 3.13. The molecule has 1 fully saturated rings. The molecule has 0 amide bonds. The van der Waals surface area contributed by atoms with Crippen LogP contribution in [-0.2, 0) is 0 Å². The summed E-state index contributed by atoms with van der Waals surface area (Å²) in [7, 11) is 0. The molecule has 0 bridgehead atoms. The zero-order valence-electron chi connectivity index (χ0n) is 11.5. The topological polar surface area (TPSA) is 42.2 Å². The van der Waals surface area contributed by atoms with Gasteiger partial charge in [0, 0.05) is 18.0 Å². The van der Waals surface area contributed by atoms with Crippen LogP contribution in [0.15, 0.2) is 35.0 Å². The van der Waals surface area contributed by atoms with E-state index < -0.39 is 0 Å². The Morgan fingerprint density at radius 1 is 1.20 bits per heavy atom. The van der Waals surface area contributed by atoms with Gasteiger partial charge in [0.15, 0.2) is 11.4 Å². The molecule has 0 spiro atoms. The second-order valence-corrected chi connectivity index (χ2v) is 5.51. The third-order valence-corrected chi connectivity index (χ3v) is 4.21. The second kappa shape index (κ2) is 4.47. The van der Waals surface area contributed by atoms with Crippen LogP contribution in [0.2, 0.25) is 0 Å². The van der Waals surface area contributed by atoms with E-state index in [2.05, 4.69) is 27.9 Å². The predicted molar refractivity (Wildman–Crippen MR) is 80.0 cm³/mol. The summed E-state index contributed by atoms with van der Waals surface area (Å²) < 4.78 is 6.02. The molecule has 4 rings (SSSR count). The SMILES string of the molecule is CC1CCCCN1c1ncnc2c1oc1ccccc12. The van der Waals surface area contributed by atoms with E-state index in [9.17, 15) is 0 Å². The Bertz CT molecular complexity index is 765. The molecule has 1 unspecified atom stereocenters. The first-order valence-electron chi connectivity index (χ1n) is 7.23. The molecule has 0 radical (unpaired) electrons. The molecule has 1 saturated heterocycles. The van der Waals surface area contributed by atoms with Crippen molar-refractivity contribution in [2.24, 2.45) is 0 Å². The lowest BCUT2D eigenvalue weighted by Gasteiger charge is -2.34. The summed E-state index contributed by atoms with van der Waals surface area (Å²) in [6.45, 7) is 3.31. The maximum atomic E-state index is 6.02. The van der Waals surface area contributed by atoms with Gasteiger partial charge in [-0.3, -0.25) is 0 Å². The predicted octanol–water partition coefficient (Wildman–Crippen LogP) is 3.75. The molecule has 2 aromatic heterocycles. The van der Waals surface area contributed by atoms with E-state index in [1.807, 2.05) is 18.2 Å². The number of para-hydroxylation sites is 1. The van der Waals surface area contributed by atoms with Crippen LogP contribution >= 0.6 is 0 Å². The van der Waals surface area contributed by atoms with Crippen LogP contribution in [-0.4, -0.2) is 22.6 Å². The third-order valence-electron chi connectivity index (χ3n) is 4.21. The van der Waals surface area contributed by atoms with Crippen molar-refractivity contribution in [1.82, 2.24) is 9.97 Å². The number of fused-ring (bicyclic) bond motifs is 3. The number of aromatic nitrogens is 2. The van der Waals surface area contributed by atoms with Gasteiger partial charge in [-0.15, -0.1) is 0 Å². The molecule has 1 atom stereocenters. The molecular formula is C16H17N3O. The molecule has 1 aromatic carbocycles. The Morgan fingerprint density at radius 3 is 3.00 bits per heavy atom. The summed E-state index contributed by atoms with van der Waals surface area (Å²) in [5.41, 5.74) is 2.62. The van der Waals surface area contributed by atoms with Gasteiger partial charge in [-0.25, -0.2) is 9.97 Å². The van der Waals surface area contributed by atoms with Crippen molar-refractivity contribution in [2.45, 2.75) is 32.2 Å². The summed E-state index contributed by atoms with van der Waals surface area (Å²) >= 11 is 0. The number of piperidine rings is 1. The van der Waals surface area contributed by atoms with Crippen LogP contribution in [0.1, 0.15) is 26.2 Å². The van der Waals surface area contributed by atoms with Crippen LogP contribution in [0.3, 0.4) is 0 Å². The van der Waals surface area contributed by atoms with Crippen molar-refractivity contribution in [3.8, 4) is 0 Å². The van der Waals surface area contributed by atoms with Crippen molar-refractivity contribution in [2.75, 3.05) is 11.4 Å². The van der Waals surface area contributed by atoms with Crippen molar-refractivity contribution in [3.63, 3.8) is 0 Å². The van der Waals surface area contributed by atoms with Crippen molar-refractivity contribution >= 4 is 27.9 Å². The number of hydrogen-bond donors (Lipinski definition) is 0.